The van der Waals surface area contributed by atoms with E-state index >= 15 is 0 Å². The number of fused-ring (bicyclic) bond motifs is 4. The Kier molecular flexibility index (Phi) is 10.9. The maximum absolute atomic E-state index is 10.0. The number of hydrogen-bond acceptors (Lipinski definition) is 5. The second kappa shape index (κ2) is 13.5. The van der Waals surface area contributed by atoms with Gasteiger partial charge in [0.1, 0.15) is 0 Å². The van der Waals surface area contributed by atoms with Crippen LogP contribution in [0.5, 0.6) is 0 Å². The number of nitrogens with zero attached hydrogens (tertiary/aromatic N) is 2. The molecule has 40 heavy (non-hydrogen) atoms. The Labute approximate surface area is 257 Å². The summed E-state index contributed by atoms with van der Waals surface area (Å²) in [5, 5.41) is 13.3. The number of aliphatic hydroxyl groups excluding tert-OH is 1. The van der Waals surface area contributed by atoms with E-state index in [0.717, 1.165) is 28.9 Å². The molecule has 0 saturated heterocycles. The molecular formula is C33H37GeIrN2O2S-. The van der Waals surface area contributed by atoms with Gasteiger partial charge in [0.15, 0.2) is 5.78 Å². The third-order valence-electron chi connectivity index (χ3n) is 6.92. The molecule has 0 atom stereocenters. The van der Waals surface area contributed by atoms with Crippen molar-refractivity contribution in [2.24, 2.45) is 0 Å². The molecule has 0 amide bonds. The van der Waals surface area contributed by atoms with E-state index in [1.165, 1.54) is 56.3 Å². The van der Waals surface area contributed by atoms with Gasteiger partial charge in [-0.05, 0) is 13.8 Å². The first kappa shape index (κ1) is 32.1. The van der Waals surface area contributed by atoms with Crippen LogP contribution in [0.1, 0.15) is 52.0 Å². The molecule has 0 aliphatic heterocycles. The Morgan fingerprint density at radius 1 is 1.02 bits per heavy atom. The van der Waals surface area contributed by atoms with E-state index in [9.17, 15) is 4.79 Å². The molecule has 1 radical (unpaired) electrons. The zero-order valence-electron chi connectivity index (χ0n) is 24.3. The minimum Gasteiger partial charge on any atom is 0 e. The molecule has 3 aromatic heterocycles. The van der Waals surface area contributed by atoms with Crippen molar-refractivity contribution in [3.63, 3.8) is 0 Å². The Balaban J connectivity index is 0.000000492. The molecule has 2 aromatic carbocycles. The van der Waals surface area contributed by atoms with Crippen molar-refractivity contribution in [3.05, 3.63) is 78.2 Å². The molecule has 0 unspecified atom stereocenters. The van der Waals surface area contributed by atoms with Crippen LogP contribution in [0.15, 0.2) is 66.6 Å². The molecule has 5 aromatic rings. The summed E-state index contributed by atoms with van der Waals surface area (Å²) < 4.78 is 2.53. The predicted molar refractivity (Wildman–Crippen MR) is 170 cm³/mol. The zero-order valence-corrected chi connectivity index (χ0v) is 29.6. The van der Waals surface area contributed by atoms with Gasteiger partial charge in [-0.1, -0.05) is 0 Å². The number of carbonyl (C=O) groups excluding carboxylic acids is 1. The Morgan fingerprint density at radius 2 is 1.73 bits per heavy atom. The normalized spacial score (nSPS) is 11.9. The van der Waals surface area contributed by atoms with Crippen molar-refractivity contribution in [2.75, 3.05) is 0 Å². The Morgan fingerprint density at radius 3 is 2.33 bits per heavy atom. The number of benzene rings is 2. The molecule has 0 aliphatic rings. The number of allylic oxidation sites excluding steroid dienone is 2. The first-order chi connectivity index (χ1) is 18.5. The predicted octanol–water partition coefficient (Wildman–Crippen LogP) is 8.95. The van der Waals surface area contributed by atoms with Gasteiger partial charge in [-0.2, -0.15) is 0 Å². The van der Waals surface area contributed by atoms with Crippen molar-refractivity contribution in [1.82, 2.24) is 9.97 Å². The Bertz CT molecular complexity index is 1680. The third-order valence-corrected chi connectivity index (χ3v) is 11.9. The van der Waals surface area contributed by atoms with Crippen molar-refractivity contribution in [1.29, 1.82) is 0 Å². The number of pyridine rings is 2. The fourth-order valence-corrected chi connectivity index (χ4v) is 8.44. The van der Waals surface area contributed by atoms with E-state index in [1.807, 2.05) is 6.20 Å². The molecule has 5 rings (SSSR count). The summed E-state index contributed by atoms with van der Waals surface area (Å²) in [4.78, 5) is 21.1. The van der Waals surface area contributed by atoms with Crippen LogP contribution in [0.25, 0.3) is 42.3 Å². The molecule has 3 heterocycles. The fourth-order valence-electron chi connectivity index (χ4n) is 4.94. The molecule has 211 valence electrons. The van der Waals surface area contributed by atoms with E-state index in [-0.39, 0.29) is 31.6 Å². The monoisotopic (exact) mass is 792 g/mol. The van der Waals surface area contributed by atoms with Gasteiger partial charge in [0.05, 0.1) is 5.76 Å². The van der Waals surface area contributed by atoms with Gasteiger partial charge in [-0.15, -0.1) is 0 Å². The van der Waals surface area contributed by atoms with Crippen LogP contribution in [-0.2, 0) is 24.9 Å². The summed E-state index contributed by atoms with van der Waals surface area (Å²) in [5.41, 5.74) is 3.54. The molecule has 0 saturated carbocycles. The van der Waals surface area contributed by atoms with Crippen LogP contribution in [0.3, 0.4) is 0 Å². The smallest absolute Gasteiger partial charge is 0 e. The van der Waals surface area contributed by atoms with Crippen molar-refractivity contribution < 1.29 is 30.0 Å². The molecular weight excluding hydrogens is 753 g/mol. The van der Waals surface area contributed by atoms with E-state index in [1.54, 1.807) is 11.3 Å². The summed E-state index contributed by atoms with van der Waals surface area (Å²) in [5.74, 6) is 7.68. The number of hydrogen-bond donors (Lipinski definition) is 1. The number of rotatable bonds is 6. The number of ketones is 1. The third kappa shape index (κ3) is 7.09. The maximum Gasteiger partial charge on any atom is 0 e. The van der Waals surface area contributed by atoms with Gasteiger partial charge in [-0.3, -0.25) is 4.79 Å². The van der Waals surface area contributed by atoms with Gasteiger partial charge in [0.2, 0.25) is 0 Å². The molecule has 4 nitrogen and oxygen atoms in total. The van der Waals surface area contributed by atoms with Gasteiger partial charge in [-0.25, -0.2) is 0 Å². The van der Waals surface area contributed by atoms with Crippen LogP contribution in [0.2, 0.25) is 17.3 Å². The fraction of sp³-hybridized carbons (Fsp3) is 0.303. The summed E-state index contributed by atoms with van der Waals surface area (Å²) in [6.07, 6.45) is 5.38. The summed E-state index contributed by atoms with van der Waals surface area (Å²) >= 11 is -0.204. The second-order valence-corrected chi connectivity index (χ2v) is 22.5. The van der Waals surface area contributed by atoms with Gasteiger partial charge >= 0.3 is 198 Å². The van der Waals surface area contributed by atoms with Crippen LogP contribution >= 0.6 is 11.3 Å². The summed E-state index contributed by atoms with van der Waals surface area (Å²) in [7, 11) is 0. The first-order valence-corrected chi connectivity index (χ1v) is 21.7. The van der Waals surface area contributed by atoms with Crippen LogP contribution in [-0.4, -0.2) is 34.1 Å². The number of thiophene rings is 1. The van der Waals surface area contributed by atoms with Gasteiger partial charge in [0.25, 0.3) is 0 Å². The van der Waals surface area contributed by atoms with Crippen molar-refractivity contribution in [2.45, 2.75) is 63.7 Å². The van der Waals surface area contributed by atoms with E-state index < -0.39 is 13.3 Å². The topological polar surface area (TPSA) is 63.1 Å². The molecule has 0 spiro atoms. The summed E-state index contributed by atoms with van der Waals surface area (Å²) in [6, 6.07) is 21.4. The Hall–Kier alpha value is -2.38. The standard InChI is InChI=1S/C28H29GeN2S.C5H8O2.Ir/c1-6-18(7-2)24-17-20(16-19-10-8-9-11-21(19)24)26-27-22(14-15-30-26)23-12-13-25(29(3,4)5)31-28(23)32-27;1-4(6)3-5(2)7;/h8-15,17-18H,6-7H2,1-5H3;3,6H,1-2H3;/q-1;;/b;4-3-;. The number of carbonyl (C=O) groups is 1. The number of aliphatic hydroxyl groups is 1. The molecule has 0 bridgehead atoms. The van der Waals surface area contributed by atoms with E-state index in [0.29, 0.717) is 5.92 Å². The van der Waals surface area contributed by atoms with Crippen molar-refractivity contribution in [3.8, 4) is 11.3 Å². The minimum atomic E-state index is -1.98. The number of aromatic nitrogens is 2. The molecule has 1 N–H and O–H groups in total. The quantitative estimate of drug-likeness (QED) is 0.0808. The van der Waals surface area contributed by atoms with Gasteiger partial charge in [0, 0.05) is 26.2 Å². The van der Waals surface area contributed by atoms with Crippen LogP contribution in [0, 0.1) is 6.07 Å². The van der Waals surface area contributed by atoms with Crippen LogP contribution < -0.4 is 4.53 Å². The molecule has 0 aliphatic carbocycles. The molecule has 7 heteroatoms. The zero-order chi connectivity index (χ0) is 28.3. The minimum absolute atomic E-state index is 0. The average molecular weight is 791 g/mol. The van der Waals surface area contributed by atoms with Crippen LogP contribution in [0.4, 0.5) is 0 Å². The maximum atomic E-state index is 10.0. The average Bonchev–Trinajstić information content (AvgIpc) is 3.26. The SMILES string of the molecule is CC(=O)/C=C(/C)O.CCC(CC)c1cc(-c2nccc3c2sc2n[c]([Ge]([CH3])([CH3])[CH3])ccc23)[c-]c2ccccc12.[Ir]. The molecule has 0 fully saturated rings. The summed E-state index contributed by atoms with van der Waals surface area (Å²) in [6.45, 7) is 7.42. The van der Waals surface area contributed by atoms with Crippen molar-refractivity contribution >= 4 is 66.0 Å². The second-order valence-electron chi connectivity index (χ2n) is 11.0. The van der Waals surface area contributed by atoms with E-state index in [2.05, 4.69) is 85.7 Å². The largest absolute Gasteiger partial charge is 0 e. The van der Waals surface area contributed by atoms with E-state index in [4.69, 9.17) is 15.1 Å². The van der Waals surface area contributed by atoms with Gasteiger partial charge < -0.3 is 5.11 Å². The first-order valence-electron chi connectivity index (χ1n) is 13.5.